The summed E-state index contributed by atoms with van der Waals surface area (Å²) in [4.78, 5) is 6.17. The Morgan fingerprint density at radius 1 is 1.26 bits per heavy atom. The molecule has 0 aliphatic rings. The van der Waals surface area contributed by atoms with Crippen molar-refractivity contribution in [2.75, 3.05) is 7.05 Å². The zero-order valence-electron chi connectivity index (χ0n) is 10.2. The summed E-state index contributed by atoms with van der Waals surface area (Å²) >= 11 is 3.19. The Bertz CT molecular complexity index is 733. The van der Waals surface area contributed by atoms with Crippen LogP contribution in [0.15, 0.2) is 55.8 Å². The molecule has 0 bridgehead atoms. The van der Waals surface area contributed by atoms with Gasteiger partial charge in [-0.25, -0.2) is 4.68 Å². The third-order valence-electron chi connectivity index (χ3n) is 2.49. The van der Waals surface area contributed by atoms with Gasteiger partial charge >= 0.3 is 0 Å². The molecule has 0 aliphatic carbocycles. The Morgan fingerprint density at radius 3 is 2.89 bits per heavy atom. The Balaban J connectivity index is 2.06. The fourth-order valence-corrected chi connectivity index (χ4v) is 3.00. The molecule has 0 amide bonds. The molecule has 96 valence electrons. The van der Waals surface area contributed by atoms with E-state index in [2.05, 4.69) is 10.1 Å². The zero-order chi connectivity index (χ0) is 13.1. The zero-order valence-corrected chi connectivity index (χ0v) is 11.8. The summed E-state index contributed by atoms with van der Waals surface area (Å²) in [6.45, 7) is 0. The molecule has 19 heavy (non-hydrogen) atoms. The van der Waals surface area contributed by atoms with E-state index >= 15 is 0 Å². The Morgan fingerprint density at radius 2 is 2.21 bits per heavy atom. The molecule has 6 heteroatoms. The van der Waals surface area contributed by atoms with Crippen LogP contribution in [0.3, 0.4) is 0 Å². The van der Waals surface area contributed by atoms with Crippen molar-refractivity contribution in [3.63, 3.8) is 0 Å². The third kappa shape index (κ3) is 2.45. The fourth-order valence-electron chi connectivity index (χ4n) is 1.64. The molecule has 0 saturated carbocycles. The summed E-state index contributed by atoms with van der Waals surface area (Å²) in [5.74, 6) is 0.787. The van der Waals surface area contributed by atoms with Gasteiger partial charge in [-0.15, -0.1) is 22.7 Å². The maximum absolute atomic E-state index is 5.43. The summed E-state index contributed by atoms with van der Waals surface area (Å²) in [6, 6.07) is 7.81. The second-order valence-electron chi connectivity index (χ2n) is 3.68. The molecule has 3 aromatic heterocycles. The number of aromatic nitrogens is 1. The molecule has 0 aliphatic heterocycles. The smallest absolute Gasteiger partial charge is 0.206 e. The van der Waals surface area contributed by atoms with Crippen molar-refractivity contribution in [1.29, 1.82) is 0 Å². The van der Waals surface area contributed by atoms with Gasteiger partial charge in [0, 0.05) is 17.3 Å². The van der Waals surface area contributed by atoms with E-state index in [1.165, 1.54) is 11.3 Å². The molecule has 0 atom stereocenters. The molecular formula is C13H11N3OS2. The third-order valence-corrected chi connectivity index (χ3v) is 4.21. The predicted molar refractivity (Wildman–Crippen MR) is 78.8 cm³/mol. The van der Waals surface area contributed by atoms with E-state index < -0.39 is 0 Å². The van der Waals surface area contributed by atoms with Crippen LogP contribution in [0.25, 0.3) is 11.5 Å². The summed E-state index contributed by atoms with van der Waals surface area (Å²) in [6.07, 6.45) is 3.49. The van der Waals surface area contributed by atoms with Crippen LogP contribution in [0, 0.1) is 0 Å². The van der Waals surface area contributed by atoms with E-state index in [0.717, 1.165) is 21.1 Å². The van der Waals surface area contributed by atoms with Crippen molar-refractivity contribution in [3.8, 4) is 11.5 Å². The van der Waals surface area contributed by atoms with Gasteiger partial charge in [0.2, 0.25) is 4.80 Å². The minimum Gasteiger partial charge on any atom is -0.463 e. The van der Waals surface area contributed by atoms with Gasteiger partial charge in [0.15, 0.2) is 5.76 Å². The molecule has 0 fully saturated rings. The molecule has 4 nitrogen and oxygen atoms in total. The maximum atomic E-state index is 5.43. The van der Waals surface area contributed by atoms with Crippen molar-refractivity contribution >= 4 is 28.9 Å². The lowest BCUT2D eigenvalue weighted by atomic mass is 10.4. The molecule has 0 aromatic carbocycles. The second-order valence-corrected chi connectivity index (χ2v) is 5.49. The number of hydrogen-bond donors (Lipinski definition) is 0. The minimum absolute atomic E-state index is 0.787. The van der Waals surface area contributed by atoms with Crippen LogP contribution in [-0.4, -0.2) is 17.9 Å². The lowest BCUT2D eigenvalue weighted by molar-refractivity contribution is 0.575. The number of thiophene rings is 1. The first-order chi connectivity index (χ1) is 9.38. The fraction of sp³-hybridized carbons (Fsp3) is 0.0769. The summed E-state index contributed by atoms with van der Waals surface area (Å²) in [7, 11) is 1.76. The van der Waals surface area contributed by atoms with Gasteiger partial charge in [-0.1, -0.05) is 6.07 Å². The normalized spacial score (nSPS) is 12.6. The highest BCUT2D eigenvalue weighted by Crippen LogP contribution is 2.20. The van der Waals surface area contributed by atoms with Gasteiger partial charge in [-0.2, -0.15) is 5.10 Å². The number of furan rings is 1. The minimum atomic E-state index is 0.787. The van der Waals surface area contributed by atoms with Crippen LogP contribution in [-0.2, 0) is 0 Å². The van der Waals surface area contributed by atoms with E-state index in [0.29, 0.717) is 0 Å². The van der Waals surface area contributed by atoms with Crippen LogP contribution in [0.4, 0.5) is 0 Å². The standard InChI is InChI=1S/C13H11N3OS2/c1-14-13-16(15-8-10-4-3-7-18-10)11(9-19-13)12-5-2-6-17-12/h2-9H,1H3. The highest BCUT2D eigenvalue weighted by atomic mass is 32.1. The topological polar surface area (TPSA) is 42.8 Å². The largest absolute Gasteiger partial charge is 0.463 e. The van der Waals surface area contributed by atoms with Crippen LogP contribution in [0.2, 0.25) is 0 Å². The molecule has 3 heterocycles. The van der Waals surface area contributed by atoms with Crippen molar-refractivity contribution in [2.45, 2.75) is 0 Å². The quantitative estimate of drug-likeness (QED) is 0.682. The Labute approximate surface area is 118 Å². The molecule has 3 rings (SSSR count). The first kappa shape index (κ1) is 12.1. The summed E-state index contributed by atoms with van der Waals surface area (Å²) in [5, 5.41) is 8.51. The second kappa shape index (κ2) is 5.38. The van der Waals surface area contributed by atoms with Gasteiger partial charge in [0.05, 0.1) is 12.5 Å². The number of nitrogens with zero attached hydrogens (tertiary/aromatic N) is 3. The van der Waals surface area contributed by atoms with Crippen LogP contribution in [0.5, 0.6) is 0 Å². The molecule has 0 radical (unpaired) electrons. The molecule has 0 unspecified atom stereocenters. The van der Waals surface area contributed by atoms with E-state index in [1.807, 2.05) is 41.2 Å². The highest BCUT2D eigenvalue weighted by molar-refractivity contribution is 7.11. The van der Waals surface area contributed by atoms with Crippen molar-refractivity contribution in [3.05, 3.63) is 51.0 Å². The molecule has 0 saturated heterocycles. The molecule has 3 aromatic rings. The predicted octanol–water partition coefficient (Wildman–Crippen LogP) is 3.28. The number of thiazole rings is 1. The van der Waals surface area contributed by atoms with E-state index in [-0.39, 0.29) is 0 Å². The van der Waals surface area contributed by atoms with Crippen molar-refractivity contribution in [2.24, 2.45) is 10.1 Å². The van der Waals surface area contributed by atoms with Crippen molar-refractivity contribution < 1.29 is 4.42 Å². The first-order valence-electron chi connectivity index (χ1n) is 5.63. The van der Waals surface area contributed by atoms with Crippen LogP contribution < -0.4 is 4.80 Å². The SMILES string of the molecule is CN=c1scc(-c2ccco2)n1N=Cc1cccs1. The van der Waals surface area contributed by atoms with Gasteiger partial charge in [-0.05, 0) is 23.6 Å². The average Bonchev–Trinajstić information content (AvgIpc) is 3.16. The highest BCUT2D eigenvalue weighted by Gasteiger charge is 2.09. The Hall–Kier alpha value is -1.92. The van der Waals surface area contributed by atoms with Crippen molar-refractivity contribution in [1.82, 2.24) is 4.68 Å². The van der Waals surface area contributed by atoms with Gasteiger partial charge in [0.25, 0.3) is 0 Å². The van der Waals surface area contributed by atoms with Crippen LogP contribution >= 0.6 is 22.7 Å². The Kier molecular flexibility index (Phi) is 3.43. The maximum Gasteiger partial charge on any atom is 0.206 e. The molecular weight excluding hydrogens is 278 g/mol. The summed E-state index contributed by atoms with van der Waals surface area (Å²) in [5.41, 5.74) is 0.906. The molecule has 0 N–H and O–H groups in total. The van der Waals surface area contributed by atoms with Gasteiger partial charge in [0.1, 0.15) is 5.69 Å². The van der Waals surface area contributed by atoms with E-state index in [9.17, 15) is 0 Å². The number of rotatable bonds is 3. The first-order valence-corrected chi connectivity index (χ1v) is 7.39. The summed E-state index contributed by atoms with van der Waals surface area (Å²) < 4.78 is 7.22. The van der Waals surface area contributed by atoms with Gasteiger partial charge in [-0.3, -0.25) is 4.99 Å². The average molecular weight is 289 g/mol. The van der Waals surface area contributed by atoms with E-state index in [1.54, 1.807) is 29.3 Å². The molecule has 0 spiro atoms. The van der Waals surface area contributed by atoms with E-state index in [4.69, 9.17) is 4.42 Å². The monoisotopic (exact) mass is 289 g/mol. The van der Waals surface area contributed by atoms with Gasteiger partial charge < -0.3 is 4.42 Å². The van der Waals surface area contributed by atoms with Crippen LogP contribution in [0.1, 0.15) is 4.88 Å². The number of hydrogen-bond acceptors (Lipinski definition) is 5. The lowest BCUT2D eigenvalue weighted by Gasteiger charge is -1.98. The lowest BCUT2D eigenvalue weighted by Crippen LogP contribution is -2.11.